The van der Waals surface area contributed by atoms with Crippen LogP contribution in [0.4, 0.5) is 0 Å². The van der Waals surface area contributed by atoms with Gasteiger partial charge in [-0.05, 0) is 0 Å². The lowest BCUT2D eigenvalue weighted by atomic mass is 11.3. The van der Waals surface area contributed by atoms with Gasteiger partial charge in [-0.2, -0.15) is 0 Å². The van der Waals surface area contributed by atoms with Gasteiger partial charge in [0, 0.05) is 12.0 Å². The highest BCUT2D eigenvalue weighted by molar-refractivity contribution is 3.99. The first kappa shape index (κ1) is 5.36. The number of rotatable bonds is 2. The van der Waals surface area contributed by atoms with Crippen molar-refractivity contribution in [3.63, 3.8) is 0 Å². The Hall–Kier alpha value is -0.640. The van der Waals surface area contributed by atoms with Crippen molar-refractivity contribution in [3.8, 4) is 0 Å². The van der Waals surface area contributed by atoms with Gasteiger partial charge < -0.3 is 4.74 Å². The number of hydrogen-bond acceptors (Lipinski definition) is 3. The van der Waals surface area contributed by atoms with Crippen LogP contribution in [-0.2, 0) is 4.74 Å². The summed E-state index contributed by atoms with van der Waals surface area (Å²) in [4.78, 5) is 8.74. The molecule has 4 heteroatoms. The molecule has 0 amide bonds. The topological polar surface area (TPSA) is 52.4 Å². The van der Waals surface area contributed by atoms with Crippen LogP contribution < -0.4 is 0 Å². The third kappa shape index (κ3) is 3.36. The van der Waals surface area contributed by atoms with Crippen LogP contribution in [0.2, 0.25) is 0 Å². The van der Waals surface area contributed by atoms with Crippen molar-refractivity contribution in [1.29, 1.82) is 0 Å². The van der Waals surface area contributed by atoms with Crippen molar-refractivity contribution in [1.82, 2.24) is 0 Å². The van der Waals surface area contributed by atoms with Crippen LogP contribution in [0.3, 0.4) is 0 Å². The molecule has 0 N–H and O–H groups in total. The van der Waals surface area contributed by atoms with Crippen LogP contribution in [0, 0.1) is 10.1 Å². The quantitative estimate of drug-likeness (QED) is 0.270. The molecular formula is C2H5NO3. The third-order valence-electron chi connectivity index (χ3n) is 0.235. The van der Waals surface area contributed by atoms with Crippen LogP contribution in [0.1, 0.15) is 0 Å². The smallest absolute Gasteiger partial charge is 0.305 e. The zero-order chi connectivity index (χ0) is 4.99. The molecule has 0 unspecified atom stereocenters. The minimum atomic E-state index is -0.542. The molecule has 0 spiro atoms. The molecule has 0 saturated carbocycles. The summed E-state index contributed by atoms with van der Waals surface area (Å²) in [5.74, 6) is 0. The molecule has 0 radical (unpaired) electrons. The monoisotopic (exact) mass is 91.0 g/mol. The van der Waals surface area contributed by atoms with Crippen molar-refractivity contribution >= 4 is 0 Å². The highest BCUT2D eigenvalue weighted by atomic mass is 16.7. The van der Waals surface area contributed by atoms with E-state index in [-0.39, 0.29) is 0 Å². The van der Waals surface area contributed by atoms with E-state index in [1.807, 2.05) is 0 Å². The highest BCUT2D eigenvalue weighted by Crippen LogP contribution is 1.63. The molecule has 0 aliphatic heterocycles. The van der Waals surface area contributed by atoms with E-state index in [0.29, 0.717) is 0 Å². The maximum Gasteiger partial charge on any atom is 0.305 e. The van der Waals surface area contributed by atoms with Gasteiger partial charge in [-0.3, -0.25) is 10.1 Å². The average molecular weight is 91.1 g/mol. The average Bonchev–Trinajstić information content (AvgIpc) is 1.35. The Bertz CT molecular complexity index is 52.8. The lowest BCUT2D eigenvalue weighted by Gasteiger charge is -1.82. The molecule has 0 atom stereocenters. The molecule has 0 bridgehead atoms. The molecule has 0 aliphatic carbocycles. The number of methoxy groups -OCH3 is 1. The Morgan fingerprint density at radius 1 is 2.00 bits per heavy atom. The second-order valence-corrected chi connectivity index (χ2v) is 0.751. The van der Waals surface area contributed by atoms with Crippen molar-refractivity contribution in [2.45, 2.75) is 0 Å². The molecule has 0 saturated heterocycles. The predicted molar refractivity (Wildman–Crippen MR) is 18.9 cm³/mol. The summed E-state index contributed by atoms with van der Waals surface area (Å²) in [5, 5.41) is 9.28. The van der Waals surface area contributed by atoms with Gasteiger partial charge in [0.15, 0.2) is 0 Å². The zero-order valence-corrected chi connectivity index (χ0v) is 3.38. The number of hydrogen-bond donors (Lipinski definition) is 0. The van der Waals surface area contributed by atoms with E-state index in [2.05, 4.69) is 4.74 Å². The molecule has 0 rings (SSSR count). The first-order valence-corrected chi connectivity index (χ1v) is 1.38. The van der Waals surface area contributed by atoms with Crippen LogP contribution in [0.25, 0.3) is 0 Å². The summed E-state index contributed by atoms with van der Waals surface area (Å²) in [6, 6.07) is 0. The van der Waals surface area contributed by atoms with E-state index >= 15 is 0 Å². The van der Waals surface area contributed by atoms with Crippen LogP contribution >= 0.6 is 0 Å². The highest BCUT2D eigenvalue weighted by Gasteiger charge is 1.85. The molecule has 0 aliphatic rings. The van der Waals surface area contributed by atoms with Gasteiger partial charge in [0.25, 0.3) is 0 Å². The SMILES string of the molecule is COC[N+](=O)[O-]. The molecule has 4 nitrogen and oxygen atoms in total. The minimum Gasteiger partial charge on any atom is -0.323 e. The van der Waals surface area contributed by atoms with Crippen LogP contribution in [-0.4, -0.2) is 18.8 Å². The summed E-state index contributed by atoms with van der Waals surface area (Å²) in [6.07, 6.45) is 0. The number of ether oxygens (including phenoxy) is 1. The fourth-order valence-corrected chi connectivity index (χ4v) is 0.105. The van der Waals surface area contributed by atoms with E-state index in [9.17, 15) is 10.1 Å². The molecule has 0 aromatic heterocycles. The molecule has 6 heavy (non-hydrogen) atoms. The summed E-state index contributed by atoms with van der Waals surface area (Å²) >= 11 is 0. The Morgan fingerprint density at radius 3 is 2.50 bits per heavy atom. The van der Waals surface area contributed by atoms with E-state index in [0.717, 1.165) is 0 Å². The first-order chi connectivity index (χ1) is 2.77. The first-order valence-electron chi connectivity index (χ1n) is 1.38. The molecular weight excluding hydrogens is 86.0 g/mol. The van der Waals surface area contributed by atoms with Gasteiger partial charge >= 0.3 is 6.73 Å². The maximum absolute atomic E-state index is 9.28. The molecule has 0 fully saturated rings. The van der Waals surface area contributed by atoms with Gasteiger partial charge in [-0.1, -0.05) is 0 Å². The third-order valence-corrected chi connectivity index (χ3v) is 0.235. The second-order valence-electron chi connectivity index (χ2n) is 0.751. The fourth-order valence-electron chi connectivity index (χ4n) is 0.105. The van der Waals surface area contributed by atoms with E-state index < -0.39 is 11.7 Å². The fraction of sp³-hybridized carbons (Fsp3) is 1.00. The Morgan fingerprint density at radius 2 is 2.50 bits per heavy atom. The summed E-state index contributed by atoms with van der Waals surface area (Å²) in [6.45, 7) is -0.403. The second kappa shape index (κ2) is 2.59. The number of nitrogens with zero attached hydrogens (tertiary/aromatic N) is 1. The van der Waals surface area contributed by atoms with E-state index in [1.54, 1.807) is 0 Å². The van der Waals surface area contributed by atoms with Crippen LogP contribution in [0.5, 0.6) is 0 Å². The summed E-state index contributed by atoms with van der Waals surface area (Å²) < 4.78 is 4.10. The minimum absolute atomic E-state index is 0.403. The van der Waals surface area contributed by atoms with Crippen molar-refractivity contribution in [2.75, 3.05) is 13.8 Å². The number of nitro groups is 1. The largest absolute Gasteiger partial charge is 0.323 e. The van der Waals surface area contributed by atoms with Gasteiger partial charge in [-0.15, -0.1) is 0 Å². The zero-order valence-electron chi connectivity index (χ0n) is 3.38. The Labute approximate surface area is 34.9 Å². The standard InChI is InChI=1S/C2H5NO3/c1-6-2-3(4)5/h2H2,1H3. The van der Waals surface area contributed by atoms with Gasteiger partial charge in [-0.25, -0.2) is 0 Å². The van der Waals surface area contributed by atoms with E-state index in [1.165, 1.54) is 7.11 Å². The predicted octanol–water partition coefficient (Wildman–Crippen LogP) is -0.133. The van der Waals surface area contributed by atoms with Gasteiger partial charge in [0.05, 0.1) is 0 Å². The molecule has 36 valence electrons. The van der Waals surface area contributed by atoms with Gasteiger partial charge in [0.1, 0.15) is 0 Å². The lowest BCUT2D eigenvalue weighted by molar-refractivity contribution is -0.523. The molecule has 0 aromatic rings. The maximum atomic E-state index is 9.28. The molecule has 0 aromatic carbocycles. The van der Waals surface area contributed by atoms with Gasteiger partial charge in [0.2, 0.25) is 0 Å². The summed E-state index contributed by atoms with van der Waals surface area (Å²) in [7, 11) is 1.28. The Kier molecular flexibility index (Phi) is 2.31. The van der Waals surface area contributed by atoms with Crippen molar-refractivity contribution in [2.24, 2.45) is 0 Å². The normalized spacial score (nSPS) is 8.17. The summed E-state index contributed by atoms with van der Waals surface area (Å²) in [5.41, 5.74) is 0. The molecule has 0 heterocycles. The van der Waals surface area contributed by atoms with Crippen LogP contribution in [0.15, 0.2) is 0 Å². The lowest BCUT2D eigenvalue weighted by Crippen LogP contribution is -2.00. The van der Waals surface area contributed by atoms with Crippen molar-refractivity contribution in [3.05, 3.63) is 10.1 Å². The van der Waals surface area contributed by atoms with Crippen molar-refractivity contribution < 1.29 is 9.66 Å². The Balaban J connectivity index is 2.83. The van der Waals surface area contributed by atoms with E-state index in [4.69, 9.17) is 0 Å².